The van der Waals surface area contributed by atoms with Crippen LogP contribution in [0.3, 0.4) is 0 Å². The molecule has 5 rings (SSSR count). The summed E-state index contributed by atoms with van der Waals surface area (Å²) in [5.74, 6) is -1.86. The quantitative estimate of drug-likeness (QED) is 0.421. The van der Waals surface area contributed by atoms with E-state index in [1.807, 2.05) is 0 Å². The number of hydrogen-bond acceptors (Lipinski definition) is 5. The van der Waals surface area contributed by atoms with Crippen LogP contribution in [0.4, 0.5) is 14.5 Å². The van der Waals surface area contributed by atoms with Crippen LogP contribution in [0.1, 0.15) is 44.9 Å². The highest BCUT2D eigenvalue weighted by atomic mass is 32.2. The molecule has 0 radical (unpaired) electrons. The van der Waals surface area contributed by atoms with Crippen LogP contribution in [0.15, 0.2) is 29.2 Å². The second kappa shape index (κ2) is 9.77. The first-order valence-electron chi connectivity index (χ1n) is 11.1. The van der Waals surface area contributed by atoms with E-state index in [4.69, 9.17) is 4.74 Å². The van der Waals surface area contributed by atoms with Gasteiger partial charge in [0.05, 0.1) is 5.69 Å². The Morgan fingerprint density at radius 2 is 1.66 bits per heavy atom. The number of amides is 2. The van der Waals surface area contributed by atoms with Crippen LogP contribution < -0.4 is 10.6 Å². The molecule has 0 aromatic heterocycles. The first-order valence-corrected chi connectivity index (χ1v) is 11.9. The molecule has 0 aliphatic heterocycles. The summed E-state index contributed by atoms with van der Waals surface area (Å²) in [5, 5.41) is 5.09. The first kappa shape index (κ1) is 23.0. The molecule has 2 amide bonds. The maximum Gasteiger partial charge on any atom is 0.325 e. The monoisotopic (exact) mass is 466 g/mol. The van der Waals surface area contributed by atoms with Gasteiger partial charge in [-0.1, -0.05) is 23.9 Å². The van der Waals surface area contributed by atoms with Crippen molar-refractivity contribution < 1.29 is 27.9 Å². The number of ether oxygens (including phenoxy) is 1. The SMILES string of the molecule is O=C(CC12CC3CC(CC(C3)C1)C2)NCC(=O)OCC(=O)Nc1ccccc1SC(F)F. The van der Waals surface area contributed by atoms with E-state index in [9.17, 15) is 23.2 Å². The Morgan fingerprint density at radius 3 is 2.28 bits per heavy atom. The molecule has 174 valence electrons. The largest absolute Gasteiger partial charge is 0.454 e. The van der Waals surface area contributed by atoms with Gasteiger partial charge < -0.3 is 15.4 Å². The molecule has 4 bridgehead atoms. The smallest absolute Gasteiger partial charge is 0.325 e. The maximum absolute atomic E-state index is 12.6. The normalized spacial score (nSPS) is 27.9. The highest BCUT2D eigenvalue weighted by Crippen LogP contribution is 2.61. The van der Waals surface area contributed by atoms with Gasteiger partial charge in [0.15, 0.2) is 6.61 Å². The van der Waals surface area contributed by atoms with Crippen LogP contribution >= 0.6 is 11.8 Å². The summed E-state index contributed by atoms with van der Waals surface area (Å²) in [4.78, 5) is 36.7. The van der Waals surface area contributed by atoms with Gasteiger partial charge in [0.25, 0.3) is 11.7 Å². The number of hydrogen-bond donors (Lipinski definition) is 2. The fourth-order valence-corrected chi connectivity index (χ4v) is 6.83. The number of nitrogens with one attached hydrogen (secondary N) is 2. The van der Waals surface area contributed by atoms with Crippen LogP contribution in [-0.2, 0) is 19.1 Å². The van der Waals surface area contributed by atoms with Gasteiger partial charge >= 0.3 is 5.97 Å². The zero-order valence-electron chi connectivity index (χ0n) is 17.8. The van der Waals surface area contributed by atoms with Gasteiger partial charge in [0, 0.05) is 11.3 Å². The summed E-state index contributed by atoms with van der Waals surface area (Å²) < 4.78 is 30.2. The Bertz CT molecular complexity index is 844. The van der Waals surface area contributed by atoms with Gasteiger partial charge in [-0.25, -0.2) is 0 Å². The van der Waals surface area contributed by atoms with Gasteiger partial charge in [0.2, 0.25) is 5.91 Å². The summed E-state index contributed by atoms with van der Waals surface area (Å²) in [6, 6.07) is 6.16. The lowest BCUT2D eigenvalue weighted by Crippen LogP contribution is -2.48. The van der Waals surface area contributed by atoms with Crippen molar-refractivity contribution in [3.05, 3.63) is 24.3 Å². The van der Waals surface area contributed by atoms with E-state index in [2.05, 4.69) is 10.6 Å². The standard InChI is InChI=1S/C23H28F2N2O4S/c24-22(25)32-18-4-2-1-3-17(18)27-20(29)13-31-21(30)12-26-19(28)11-23-8-14-5-15(9-23)7-16(6-14)10-23/h1-4,14-16,22H,5-13H2,(H,26,28)(H,27,29). The van der Waals surface area contributed by atoms with Crippen molar-refractivity contribution in [2.75, 3.05) is 18.5 Å². The fourth-order valence-electron chi connectivity index (χ4n) is 6.23. The molecule has 1 aromatic rings. The number of alkyl halides is 2. The van der Waals surface area contributed by atoms with Crippen LogP contribution in [0.25, 0.3) is 0 Å². The third kappa shape index (κ3) is 5.79. The van der Waals surface area contributed by atoms with Crippen molar-refractivity contribution in [1.29, 1.82) is 0 Å². The molecule has 0 atom stereocenters. The summed E-state index contributed by atoms with van der Waals surface area (Å²) in [6.07, 6.45) is 7.71. The summed E-state index contributed by atoms with van der Waals surface area (Å²) in [6.45, 7) is -0.854. The number of thioether (sulfide) groups is 1. The predicted molar refractivity (Wildman–Crippen MR) is 116 cm³/mol. The van der Waals surface area contributed by atoms with E-state index in [1.165, 1.54) is 31.4 Å². The number of carbonyl (C=O) groups excluding carboxylic acids is 3. The molecule has 4 saturated carbocycles. The molecule has 9 heteroatoms. The molecule has 0 saturated heterocycles. The minimum atomic E-state index is -2.62. The van der Waals surface area contributed by atoms with E-state index in [0.29, 0.717) is 18.2 Å². The predicted octanol–water partition coefficient (Wildman–Crippen LogP) is 4.21. The van der Waals surface area contributed by atoms with E-state index in [0.717, 1.165) is 37.0 Å². The summed E-state index contributed by atoms with van der Waals surface area (Å²) in [5.41, 5.74) is 0.314. The molecule has 4 aliphatic rings. The Hall–Kier alpha value is -2.16. The Labute approximate surface area is 190 Å². The average Bonchev–Trinajstić information content (AvgIpc) is 2.70. The zero-order valence-corrected chi connectivity index (χ0v) is 18.6. The minimum absolute atomic E-state index is 0.0895. The lowest BCUT2D eigenvalue weighted by Gasteiger charge is -2.56. The van der Waals surface area contributed by atoms with Crippen molar-refractivity contribution in [3.63, 3.8) is 0 Å². The molecule has 2 N–H and O–H groups in total. The van der Waals surface area contributed by atoms with E-state index < -0.39 is 24.2 Å². The van der Waals surface area contributed by atoms with Crippen LogP contribution in [-0.4, -0.2) is 36.7 Å². The molecular formula is C23H28F2N2O4S. The van der Waals surface area contributed by atoms with Gasteiger partial charge in [-0.05, 0) is 73.8 Å². The Morgan fingerprint density at radius 1 is 1.03 bits per heavy atom. The van der Waals surface area contributed by atoms with Crippen molar-refractivity contribution >= 4 is 35.2 Å². The number of rotatable bonds is 9. The molecule has 4 fully saturated rings. The number of benzene rings is 1. The number of carbonyl (C=O) groups is 3. The molecule has 0 heterocycles. The Balaban J connectivity index is 1.18. The fraction of sp³-hybridized carbons (Fsp3) is 0.609. The second-order valence-corrected chi connectivity index (χ2v) is 10.5. The van der Waals surface area contributed by atoms with Crippen molar-refractivity contribution in [3.8, 4) is 0 Å². The highest BCUT2D eigenvalue weighted by molar-refractivity contribution is 7.99. The van der Waals surface area contributed by atoms with Crippen molar-refractivity contribution in [1.82, 2.24) is 5.32 Å². The van der Waals surface area contributed by atoms with E-state index in [1.54, 1.807) is 12.1 Å². The third-order valence-electron chi connectivity index (χ3n) is 6.87. The van der Waals surface area contributed by atoms with E-state index in [-0.39, 0.29) is 28.4 Å². The molecule has 32 heavy (non-hydrogen) atoms. The molecule has 6 nitrogen and oxygen atoms in total. The van der Waals surface area contributed by atoms with E-state index >= 15 is 0 Å². The average molecular weight is 467 g/mol. The summed E-state index contributed by atoms with van der Waals surface area (Å²) >= 11 is 0.322. The van der Waals surface area contributed by atoms with Gasteiger partial charge in [-0.2, -0.15) is 8.78 Å². The maximum atomic E-state index is 12.6. The lowest BCUT2D eigenvalue weighted by atomic mass is 9.49. The first-order chi connectivity index (χ1) is 15.3. The van der Waals surface area contributed by atoms with Crippen LogP contribution in [0, 0.1) is 23.2 Å². The van der Waals surface area contributed by atoms with Gasteiger partial charge in [0.1, 0.15) is 6.54 Å². The number of para-hydroxylation sites is 1. The minimum Gasteiger partial charge on any atom is -0.454 e. The number of halogens is 2. The molecule has 4 aliphatic carbocycles. The molecule has 0 spiro atoms. The molecule has 1 aromatic carbocycles. The number of esters is 1. The number of anilines is 1. The summed E-state index contributed by atoms with van der Waals surface area (Å²) in [7, 11) is 0. The highest BCUT2D eigenvalue weighted by Gasteiger charge is 2.51. The molecular weight excluding hydrogens is 438 g/mol. The van der Waals surface area contributed by atoms with Crippen LogP contribution in [0.5, 0.6) is 0 Å². The lowest BCUT2D eigenvalue weighted by molar-refractivity contribution is -0.147. The molecule has 0 unspecified atom stereocenters. The van der Waals surface area contributed by atoms with Gasteiger partial charge in [-0.15, -0.1) is 0 Å². The Kier molecular flexibility index (Phi) is 7.02. The van der Waals surface area contributed by atoms with Gasteiger partial charge in [-0.3, -0.25) is 14.4 Å². The third-order valence-corrected chi connectivity index (χ3v) is 7.66. The van der Waals surface area contributed by atoms with Crippen molar-refractivity contribution in [2.45, 2.75) is 55.6 Å². The topological polar surface area (TPSA) is 84.5 Å². The van der Waals surface area contributed by atoms with Crippen molar-refractivity contribution in [2.24, 2.45) is 23.2 Å². The zero-order chi connectivity index (χ0) is 22.7. The van der Waals surface area contributed by atoms with Crippen LogP contribution in [0.2, 0.25) is 0 Å². The second-order valence-electron chi connectivity index (χ2n) is 9.45.